The lowest BCUT2D eigenvalue weighted by atomic mass is 9.88. The maximum absolute atomic E-state index is 13.8. The SMILES string of the molecule is COc1ccc(C(=O)N2CC(O)(C3CC3)C2)c(F)c1. The van der Waals surface area contributed by atoms with Crippen LogP contribution >= 0.6 is 0 Å². The number of benzene rings is 1. The molecule has 5 heteroatoms. The molecule has 1 saturated carbocycles. The van der Waals surface area contributed by atoms with Gasteiger partial charge in [0, 0.05) is 6.07 Å². The number of nitrogens with zero attached hydrogens (tertiary/aromatic N) is 1. The summed E-state index contributed by atoms with van der Waals surface area (Å²) in [6.45, 7) is 0.615. The first-order valence-electron chi connectivity index (χ1n) is 6.39. The van der Waals surface area contributed by atoms with E-state index in [4.69, 9.17) is 4.74 Å². The summed E-state index contributed by atoms with van der Waals surface area (Å²) in [7, 11) is 1.45. The highest BCUT2D eigenvalue weighted by Gasteiger charge is 2.53. The third kappa shape index (κ3) is 2.08. The predicted octanol–water partition coefficient (Wildman–Crippen LogP) is 1.43. The summed E-state index contributed by atoms with van der Waals surface area (Å²) < 4.78 is 18.7. The van der Waals surface area contributed by atoms with Gasteiger partial charge in [0.05, 0.1) is 25.8 Å². The number of carbonyl (C=O) groups excluding carboxylic acids is 1. The van der Waals surface area contributed by atoms with E-state index in [1.807, 2.05) is 0 Å². The molecule has 0 bridgehead atoms. The lowest BCUT2D eigenvalue weighted by molar-refractivity contribution is -0.0959. The second-order valence-electron chi connectivity index (χ2n) is 5.38. The molecule has 2 fully saturated rings. The molecule has 1 saturated heterocycles. The van der Waals surface area contributed by atoms with Gasteiger partial charge in [-0.25, -0.2) is 4.39 Å². The van der Waals surface area contributed by atoms with Crippen molar-refractivity contribution >= 4 is 5.91 Å². The van der Waals surface area contributed by atoms with Crippen molar-refractivity contribution in [2.75, 3.05) is 20.2 Å². The van der Waals surface area contributed by atoms with Gasteiger partial charge in [-0.2, -0.15) is 0 Å². The molecule has 4 nitrogen and oxygen atoms in total. The van der Waals surface area contributed by atoms with E-state index in [2.05, 4.69) is 0 Å². The van der Waals surface area contributed by atoms with Crippen molar-refractivity contribution in [3.8, 4) is 5.75 Å². The van der Waals surface area contributed by atoms with E-state index in [-0.39, 0.29) is 11.5 Å². The van der Waals surface area contributed by atoms with Gasteiger partial charge in [0.25, 0.3) is 5.91 Å². The number of β-amino-alcohol motifs (C(OH)–C–C–N with tert-alkyl or cyclic N) is 1. The van der Waals surface area contributed by atoms with E-state index >= 15 is 0 Å². The number of hydrogen-bond donors (Lipinski definition) is 1. The summed E-state index contributed by atoms with van der Waals surface area (Å²) in [6, 6.07) is 4.17. The van der Waals surface area contributed by atoms with Crippen molar-refractivity contribution in [2.24, 2.45) is 5.92 Å². The molecule has 1 amide bonds. The van der Waals surface area contributed by atoms with Gasteiger partial charge >= 0.3 is 0 Å². The number of hydrogen-bond acceptors (Lipinski definition) is 3. The molecule has 1 heterocycles. The Balaban J connectivity index is 1.71. The Bertz CT molecular complexity index is 521. The first-order chi connectivity index (χ1) is 9.03. The second-order valence-corrected chi connectivity index (χ2v) is 5.38. The predicted molar refractivity (Wildman–Crippen MR) is 66.5 cm³/mol. The van der Waals surface area contributed by atoms with Crippen molar-refractivity contribution in [2.45, 2.75) is 18.4 Å². The average Bonchev–Trinajstić information content (AvgIpc) is 3.18. The summed E-state index contributed by atoms with van der Waals surface area (Å²) in [6.07, 6.45) is 2.05. The van der Waals surface area contributed by atoms with E-state index in [1.165, 1.54) is 24.1 Å². The molecule has 1 aliphatic carbocycles. The van der Waals surface area contributed by atoms with Crippen LogP contribution in [0.5, 0.6) is 5.75 Å². The van der Waals surface area contributed by atoms with Gasteiger partial charge in [-0.15, -0.1) is 0 Å². The van der Waals surface area contributed by atoms with Crippen molar-refractivity contribution in [3.05, 3.63) is 29.6 Å². The van der Waals surface area contributed by atoms with Crippen molar-refractivity contribution in [1.29, 1.82) is 0 Å². The van der Waals surface area contributed by atoms with Gasteiger partial charge in [0.15, 0.2) is 0 Å². The lowest BCUT2D eigenvalue weighted by Crippen LogP contribution is -2.64. The number of rotatable bonds is 3. The highest BCUT2D eigenvalue weighted by Crippen LogP contribution is 2.44. The molecule has 19 heavy (non-hydrogen) atoms. The molecule has 1 aliphatic heterocycles. The van der Waals surface area contributed by atoms with E-state index in [0.29, 0.717) is 24.8 Å². The number of halogens is 1. The molecule has 0 spiro atoms. The average molecular weight is 265 g/mol. The van der Waals surface area contributed by atoms with Crippen LogP contribution in [0.1, 0.15) is 23.2 Å². The zero-order chi connectivity index (χ0) is 13.6. The largest absolute Gasteiger partial charge is 0.497 e. The van der Waals surface area contributed by atoms with Crippen LogP contribution in [0.25, 0.3) is 0 Å². The van der Waals surface area contributed by atoms with Crippen molar-refractivity contribution in [1.82, 2.24) is 4.90 Å². The second kappa shape index (κ2) is 4.20. The molecular weight excluding hydrogens is 249 g/mol. The number of likely N-dealkylation sites (tertiary alicyclic amines) is 1. The van der Waals surface area contributed by atoms with Crippen LogP contribution in [0.2, 0.25) is 0 Å². The standard InChI is InChI=1S/C14H16FNO3/c1-19-10-4-5-11(12(15)6-10)13(17)16-7-14(18,8-16)9-2-3-9/h4-6,9,18H,2-3,7-8H2,1H3. The van der Waals surface area contributed by atoms with Crippen LogP contribution in [-0.4, -0.2) is 41.7 Å². The number of aliphatic hydroxyl groups is 1. The fourth-order valence-corrected chi connectivity index (χ4v) is 2.60. The molecule has 0 atom stereocenters. The van der Waals surface area contributed by atoms with Crippen LogP contribution in [0.15, 0.2) is 18.2 Å². The quantitative estimate of drug-likeness (QED) is 0.899. The monoisotopic (exact) mass is 265 g/mol. The maximum Gasteiger partial charge on any atom is 0.257 e. The van der Waals surface area contributed by atoms with Gasteiger partial charge in [-0.1, -0.05) is 0 Å². The van der Waals surface area contributed by atoms with Crippen LogP contribution in [0.4, 0.5) is 4.39 Å². The van der Waals surface area contributed by atoms with Crippen LogP contribution in [0.3, 0.4) is 0 Å². The Morgan fingerprint density at radius 2 is 2.16 bits per heavy atom. The minimum absolute atomic E-state index is 0.0265. The van der Waals surface area contributed by atoms with Gasteiger partial charge in [0.2, 0.25) is 0 Å². The molecule has 1 N–H and O–H groups in total. The smallest absolute Gasteiger partial charge is 0.257 e. The Kier molecular flexibility index (Phi) is 2.74. The van der Waals surface area contributed by atoms with Crippen LogP contribution in [0, 0.1) is 11.7 Å². The van der Waals surface area contributed by atoms with E-state index in [0.717, 1.165) is 12.8 Å². The molecule has 1 aromatic carbocycles. The Labute approximate surface area is 110 Å². The number of methoxy groups -OCH3 is 1. The third-order valence-corrected chi connectivity index (χ3v) is 3.96. The Morgan fingerprint density at radius 3 is 2.68 bits per heavy atom. The van der Waals surface area contributed by atoms with E-state index < -0.39 is 11.4 Å². The molecule has 0 unspecified atom stereocenters. The molecule has 2 aliphatic rings. The normalized spacial score (nSPS) is 20.9. The highest BCUT2D eigenvalue weighted by atomic mass is 19.1. The fourth-order valence-electron chi connectivity index (χ4n) is 2.60. The first-order valence-corrected chi connectivity index (χ1v) is 6.39. The van der Waals surface area contributed by atoms with Gasteiger partial charge < -0.3 is 14.7 Å². The topological polar surface area (TPSA) is 49.8 Å². The summed E-state index contributed by atoms with van der Waals surface area (Å²) in [5.41, 5.74) is -0.711. The fraction of sp³-hybridized carbons (Fsp3) is 0.500. The van der Waals surface area contributed by atoms with Gasteiger partial charge in [-0.3, -0.25) is 4.79 Å². The minimum Gasteiger partial charge on any atom is -0.497 e. The third-order valence-electron chi connectivity index (χ3n) is 3.96. The number of carbonyl (C=O) groups is 1. The molecule has 0 radical (unpaired) electrons. The maximum atomic E-state index is 13.8. The van der Waals surface area contributed by atoms with Crippen molar-refractivity contribution in [3.63, 3.8) is 0 Å². The van der Waals surface area contributed by atoms with E-state index in [1.54, 1.807) is 6.07 Å². The van der Waals surface area contributed by atoms with Gasteiger partial charge in [-0.05, 0) is 30.9 Å². The summed E-state index contributed by atoms with van der Waals surface area (Å²) >= 11 is 0. The number of amides is 1. The zero-order valence-corrected chi connectivity index (χ0v) is 10.7. The molecular formula is C14H16FNO3. The molecule has 3 rings (SSSR count). The highest BCUT2D eigenvalue weighted by molar-refractivity contribution is 5.95. The summed E-state index contributed by atoms with van der Waals surface area (Å²) in [4.78, 5) is 13.6. The van der Waals surface area contributed by atoms with Gasteiger partial charge in [0.1, 0.15) is 17.2 Å². The zero-order valence-electron chi connectivity index (χ0n) is 10.7. The van der Waals surface area contributed by atoms with E-state index in [9.17, 15) is 14.3 Å². The molecule has 1 aromatic rings. The first kappa shape index (κ1) is 12.4. The molecule has 102 valence electrons. The van der Waals surface area contributed by atoms with Crippen molar-refractivity contribution < 1.29 is 19.0 Å². The Morgan fingerprint density at radius 1 is 1.47 bits per heavy atom. The lowest BCUT2D eigenvalue weighted by Gasteiger charge is -2.47. The minimum atomic E-state index is -0.737. The summed E-state index contributed by atoms with van der Waals surface area (Å²) in [5, 5.41) is 10.2. The Hall–Kier alpha value is -1.62. The van der Waals surface area contributed by atoms with Crippen LogP contribution < -0.4 is 4.74 Å². The molecule has 0 aromatic heterocycles. The van der Waals surface area contributed by atoms with Crippen LogP contribution in [-0.2, 0) is 0 Å². The summed E-state index contributed by atoms with van der Waals surface area (Å²) in [5.74, 6) is -0.263. The number of ether oxygens (including phenoxy) is 1.